The average molecular weight is 196 g/mol. The number of aromatic nitrogens is 1. The molecule has 1 aromatic heterocycles. The van der Waals surface area contributed by atoms with E-state index in [9.17, 15) is 0 Å². The standard InChI is InChI=1S/C13H12N2/c1-2-6-10(7-3-1)12-13(15-12)11-8-4-5-9-14-11/h1-9,12-13,15H/t12-,13-/m0/s1. The van der Waals surface area contributed by atoms with Gasteiger partial charge in [0.15, 0.2) is 0 Å². The van der Waals surface area contributed by atoms with Crippen molar-refractivity contribution in [3.63, 3.8) is 0 Å². The molecule has 0 radical (unpaired) electrons. The van der Waals surface area contributed by atoms with Gasteiger partial charge in [0.2, 0.25) is 0 Å². The van der Waals surface area contributed by atoms with Crippen LogP contribution in [0.3, 0.4) is 0 Å². The van der Waals surface area contributed by atoms with Crippen molar-refractivity contribution >= 4 is 0 Å². The number of pyridine rings is 1. The van der Waals surface area contributed by atoms with E-state index in [1.54, 1.807) is 0 Å². The first kappa shape index (κ1) is 8.62. The molecule has 0 amide bonds. The van der Waals surface area contributed by atoms with E-state index in [1.807, 2.05) is 24.4 Å². The normalized spacial score (nSPS) is 23.7. The zero-order chi connectivity index (χ0) is 10.1. The molecule has 15 heavy (non-hydrogen) atoms. The third kappa shape index (κ3) is 1.64. The Kier molecular flexibility index (Phi) is 2.00. The smallest absolute Gasteiger partial charge is 0.0698 e. The first-order valence-electron chi connectivity index (χ1n) is 5.17. The highest BCUT2D eigenvalue weighted by Gasteiger charge is 2.39. The maximum atomic E-state index is 4.35. The van der Waals surface area contributed by atoms with Crippen molar-refractivity contribution in [1.82, 2.24) is 10.3 Å². The van der Waals surface area contributed by atoms with Crippen LogP contribution in [0.15, 0.2) is 54.7 Å². The summed E-state index contributed by atoms with van der Waals surface area (Å²) in [4.78, 5) is 4.35. The molecule has 0 saturated carbocycles. The van der Waals surface area contributed by atoms with Crippen LogP contribution in [0.25, 0.3) is 0 Å². The van der Waals surface area contributed by atoms with E-state index in [2.05, 4.69) is 40.6 Å². The molecule has 1 N–H and O–H groups in total. The van der Waals surface area contributed by atoms with Gasteiger partial charge in [0.25, 0.3) is 0 Å². The van der Waals surface area contributed by atoms with E-state index < -0.39 is 0 Å². The summed E-state index contributed by atoms with van der Waals surface area (Å²) in [6.07, 6.45) is 1.84. The predicted octanol–water partition coefficient (Wildman–Crippen LogP) is 2.47. The Morgan fingerprint density at radius 1 is 0.867 bits per heavy atom. The van der Waals surface area contributed by atoms with Crippen molar-refractivity contribution in [2.45, 2.75) is 12.1 Å². The lowest BCUT2D eigenvalue weighted by Crippen LogP contribution is -1.87. The van der Waals surface area contributed by atoms with Crippen molar-refractivity contribution in [3.8, 4) is 0 Å². The Labute approximate surface area is 89.0 Å². The molecule has 2 nitrogen and oxygen atoms in total. The van der Waals surface area contributed by atoms with E-state index in [1.165, 1.54) is 5.56 Å². The number of hydrogen-bond donors (Lipinski definition) is 1. The summed E-state index contributed by atoms with van der Waals surface area (Å²) in [6.45, 7) is 0. The molecule has 2 heteroatoms. The van der Waals surface area contributed by atoms with Crippen molar-refractivity contribution in [2.75, 3.05) is 0 Å². The molecule has 3 rings (SSSR count). The quantitative estimate of drug-likeness (QED) is 0.749. The molecular formula is C13H12N2. The zero-order valence-corrected chi connectivity index (χ0v) is 8.30. The molecule has 0 spiro atoms. The largest absolute Gasteiger partial charge is 0.298 e. The van der Waals surface area contributed by atoms with Gasteiger partial charge in [-0.15, -0.1) is 0 Å². The van der Waals surface area contributed by atoms with Gasteiger partial charge in [-0.05, 0) is 17.7 Å². The Balaban J connectivity index is 1.81. The Morgan fingerprint density at radius 3 is 2.40 bits per heavy atom. The van der Waals surface area contributed by atoms with Crippen LogP contribution in [0.5, 0.6) is 0 Å². The van der Waals surface area contributed by atoms with Crippen molar-refractivity contribution < 1.29 is 0 Å². The molecule has 0 aliphatic carbocycles. The van der Waals surface area contributed by atoms with Crippen molar-refractivity contribution in [3.05, 3.63) is 66.0 Å². The highest BCUT2D eigenvalue weighted by Crippen LogP contribution is 2.40. The van der Waals surface area contributed by atoms with Gasteiger partial charge in [-0.2, -0.15) is 0 Å². The number of rotatable bonds is 2. The maximum absolute atomic E-state index is 4.35. The Bertz CT molecular complexity index is 395. The van der Waals surface area contributed by atoms with E-state index >= 15 is 0 Å². The topological polar surface area (TPSA) is 34.8 Å². The number of nitrogens with zero attached hydrogens (tertiary/aromatic N) is 1. The lowest BCUT2D eigenvalue weighted by Gasteiger charge is -1.97. The van der Waals surface area contributed by atoms with Gasteiger partial charge in [0.1, 0.15) is 0 Å². The van der Waals surface area contributed by atoms with E-state index in [0.717, 1.165) is 5.69 Å². The summed E-state index contributed by atoms with van der Waals surface area (Å²) in [5.41, 5.74) is 2.47. The minimum Gasteiger partial charge on any atom is -0.298 e. The molecule has 0 unspecified atom stereocenters. The molecule has 2 atom stereocenters. The fourth-order valence-electron chi connectivity index (χ4n) is 1.90. The molecule has 1 saturated heterocycles. The van der Waals surface area contributed by atoms with E-state index in [4.69, 9.17) is 0 Å². The van der Waals surface area contributed by atoms with Crippen LogP contribution >= 0.6 is 0 Å². The van der Waals surface area contributed by atoms with Crippen LogP contribution in [0.1, 0.15) is 23.3 Å². The zero-order valence-electron chi connectivity index (χ0n) is 8.30. The Hall–Kier alpha value is -1.67. The first-order chi connectivity index (χ1) is 7.45. The van der Waals surface area contributed by atoms with Crippen LogP contribution in [-0.2, 0) is 0 Å². The summed E-state index contributed by atoms with van der Waals surface area (Å²) < 4.78 is 0. The summed E-state index contributed by atoms with van der Waals surface area (Å²) in [6, 6.07) is 17.4. The highest BCUT2D eigenvalue weighted by atomic mass is 15.2. The summed E-state index contributed by atoms with van der Waals surface area (Å²) >= 11 is 0. The molecule has 1 aromatic carbocycles. The second-order valence-electron chi connectivity index (χ2n) is 3.79. The van der Waals surface area contributed by atoms with E-state index in [-0.39, 0.29) is 0 Å². The third-order valence-corrected chi connectivity index (χ3v) is 2.75. The second-order valence-corrected chi connectivity index (χ2v) is 3.79. The molecular weight excluding hydrogens is 184 g/mol. The van der Waals surface area contributed by atoms with Gasteiger partial charge >= 0.3 is 0 Å². The van der Waals surface area contributed by atoms with Gasteiger partial charge in [-0.25, -0.2) is 0 Å². The SMILES string of the molecule is c1ccc([C@@H]2N[C@H]2c2ccccn2)cc1. The number of nitrogens with one attached hydrogen (secondary N) is 1. The number of benzene rings is 1. The van der Waals surface area contributed by atoms with Crippen LogP contribution in [0.4, 0.5) is 0 Å². The molecule has 1 fully saturated rings. The highest BCUT2D eigenvalue weighted by molar-refractivity contribution is 5.30. The average Bonchev–Trinajstić information content (AvgIpc) is 3.11. The van der Waals surface area contributed by atoms with Crippen LogP contribution < -0.4 is 5.32 Å². The molecule has 74 valence electrons. The maximum Gasteiger partial charge on any atom is 0.0698 e. The lowest BCUT2D eigenvalue weighted by atomic mass is 10.1. The summed E-state index contributed by atoms with van der Waals surface area (Å²) in [5.74, 6) is 0. The molecule has 2 heterocycles. The first-order valence-corrected chi connectivity index (χ1v) is 5.17. The van der Waals surface area contributed by atoms with Gasteiger partial charge < -0.3 is 0 Å². The molecule has 1 aliphatic heterocycles. The molecule has 2 aromatic rings. The van der Waals surface area contributed by atoms with Crippen molar-refractivity contribution in [2.24, 2.45) is 0 Å². The summed E-state index contributed by atoms with van der Waals surface area (Å²) in [5, 5.41) is 3.44. The second kappa shape index (κ2) is 3.48. The molecule has 0 bridgehead atoms. The van der Waals surface area contributed by atoms with E-state index in [0.29, 0.717) is 12.1 Å². The monoisotopic (exact) mass is 196 g/mol. The van der Waals surface area contributed by atoms with Crippen LogP contribution in [-0.4, -0.2) is 4.98 Å². The summed E-state index contributed by atoms with van der Waals surface area (Å²) in [7, 11) is 0. The minimum atomic E-state index is 0.397. The molecule has 1 aliphatic rings. The fraction of sp³-hybridized carbons (Fsp3) is 0.154. The number of hydrogen-bond acceptors (Lipinski definition) is 2. The third-order valence-electron chi connectivity index (χ3n) is 2.75. The van der Waals surface area contributed by atoms with Crippen LogP contribution in [0.2, 0.25) is 0 Å². The minimum absolute atomic E-state index is 0.397. The Morgan fingerprint density at radius 2 is 1.67 bits per heavy atom. The van der Waals surface area contributed by atoms with Gasteiger partial charge in [-0.1, -0.05) is 36.4 Å². The van der Waals surface area contributed by atoms with Gasteiger partial charge in [-0.3, -0.25) is 10.3 Å². The van der Waals surface area contributed by atoms with Crippen LogP contribution in [0, 0.1) is 0 Å². The van der Waals surface area contributed by atoms with Gasteiger partial charge in [0.05, 0.1) is 17.8 Å². The van der Waals surface area contributed by atoms with Gasteiger partial charge in [0, 0.05) is 6.20 Å². The predicted molar refractivity (Wildman–Crippen MR) is 59.3 cm³/mol. The lowest BCUT2D eigenvalue weighted by molar-refractivity contribution is 0.962. The van der Waals surface area contributed by atoms with Crippen molar-refractivity contribution in [1.29, 1.82) is 0 Å². The fourth-order valence-corrected chi connectivity index (χ4v) is 1.90.